The monoisotopic (exact) mass is 147 g/mol. The predicted molar refractivity (Wildman–Crippen MR) is 49.5 cm³/mol. The molecule has 0 aliphatic carbocycles. The minimum Gasteiger partial charge on any atom is -0.359 e. The lowest BCUT2D eigenvalue weighted by molar-refractivity contribution is 0.504. The van der Waals surface area contributed by atoms with Gasteiger partial charge in [0.15, 0.2) is 5.96 Å². The van der Waals surface area contributed by atoms with Gasteiger partial charge in [-0.25, -0.2) is 0 Å². The maximum absolute atomic E-state index is 3.99. The van der Waals surface area contributed by atoms with E-state index >= 15 is 0 Å². The van der Waals surface area contributed by atoms with E-state index in [0.29, 0.717) is 0 Å². The van der Waals surface area contributed by atoms with Gasteiger partial charge in [-0.05, 0) is 20.8 Å². The summed E-state index contributed by atoms with van der Waals surface area (Å²) in [6.45, 7) is 6.28. The molecule has 0 aliphatic heterocycles. The lowest BCUT2D eigenvalue weighted by Crippen LogP contribution is -2.46. The minimum atomic E-state index is 0. The molecule has 2 N–H and O–H groups in total. The van der Waals surface area contributed by atoms with Crippen LogP contribution in [0.25, 0.3) is 0 Å². The molecular weight excluding hydrogens is 126 g/mol. The first-order valence-electron chi connectivity index (χ1n) is 3.42. The Hall–Kier alpha value is -0.730. The van der Waals surface area contributed by atoms with Gasteiger partial charge >= 0.3 is 0 Å². The molecule has 0 aromatic rings. The van der Waals surface area contributed by atoms with Gasteiger partial charge in [-0.2, -0.15) is 0 Å². The second kappa shape index (κ2) is 3.44. The first-order chi connectivity index (χ1) is 4.49. The molecule has 0 atom stereocenters. The molecule has 0 unspecified atom stereocenters. The van der Waals surface area contributed by atoms with Crippen molar-refractivity contribution < 1.29 is 2.85 Å². The molecular formula is C7H21N3. The third-order valence-electron chi connectivity index (χ3n) is 0.954. The lowest BCUT2D eigenvalue weighted by atomic mass is 10.1. The summed E-state index contributed by atoms with van der Waals surface area (Å²) in [4.78, 5) is 3.99. The molecule has 0 bridgehead atoms. The number of aliphatic imine (C=N–C) groups is 1. The molecule has 0 rings (SSSR count). The highest BCUT2D eigenvalue weighted by Gasteiger charge is 2.09. The Kier molecular flexibility index (Phi) is 3.19. The van der Waals surface area contributed by atoms with E-state index in [9.17, 15) is 0 Å². The Morgan fingerprint density at radius 3 is 2.00 bits per heavy atom. The molecule has 10 heavy (non-hydrogen) atoms. The van der Waals surface area contributed by atoms with Crippen LogP contribution < -0.4 is 10.6 Å². The Bertz CT molecular complexity index is 129. The topological polar surface area (TPSA) is 36.4 Å². The molecule has 0 saturated carbocycles. The summed E-state index contributed by atoms with van der Waals surface area (Å²) >= 11 is 0. The molecule has 3 heteroatoms. The fourth-order valence-electron chi connectivity index (χ4n) is 0.585. The molecule has 0 heterocycles. The average molecular weight is 147 g/mol. The van der Waals surface area contributed by atoms with Crippen LogP contribution in [0.2, 0.25) is 0 Å². The van der Waals surface area contributed by atoms with Crippen LogP contribution in [0, 0.1) is 0 Å². The average Bonchev–Trinajstić information content (AvgIpc) is 1.81. The molecule has 0 amide bonds. The first kappa shape index (κ1) is 9.27. The first-order valence-corrected chi connectivity index (χ1v) is 3.42. The van der Waals surface area contributed by atoms with Crippen LogP contribution in [0.15, 0.2) is 4.99 Å². The molecule has 3 nitrogen and oxygen atoms in total. The second-order valence-corrected chi connectivity index (χ2v) is 3.20. The molecule has 0 saturated heterocycles. The zero-order valence-corrected chi connectivity index (χ0v) is 7.45. The number of hydrogen-bond donors (Lipinski definition) is 2. The highest BCUT2D eigenvalue weighted by Crippen LogP contribution is 1.96. The number of guanidine groups is 1. The third kappa shape index (κ3) is 4.18. The maximum Gasteiger partial charge on any atom is 0.191 e. The van der Waals surface area contributed by atoms with Gasteiger partial charge < -0.3 is 10.6 Å². The van der Waals surface area contributed by atoms with Crippen molar-refractivity contribution in [1.29, 1.82) is 0 Å². The Morgan fingerprint density at radius 1 is 1.40 bits per heavy atom. The van der Waals surface area contributed by atoms with E-state index in [1.54, 1.807) is 7.05 Å². The molecule has 64 valence electrons. The lowest BCUT2D eigenvalue weighted by Gasteiger charge is -2.22. The van der Waals surface area contributed by atoms with Crippen molar-refractivity contribution in [2.45, 2.75) is 26.3 Å². The molecule has 0 aromatic carbocycles. The van der Waals surface area contributed by atoms with Gasteiger partial charge in [0.2, 0.25) is 0 Å². The zero-order valence-electron chi connectivity index (χ0n) is 7.45. The Balaban J connectivity index is -0.000000405. The number of hydrogen-bond acceptors (Lipinski definition) is 1. The maximum atomic E-state index is 3.99. The van der Waals surface area contributed by atoms with Gasteiger partial charge in [-0.15, -0.1) is 0 Å². The molecule has 0 spiro atoms. The van der Waals surface area contributed by atoms with Crippen LogP contribution in [-0.2, 0) is 0 Å². The smallest absolute Gasteiger partial charge is 0.191 e. The summed E-state index contributed by atoms with van der Waals surface area (Å²) in [5.41, 5.74) is 0.0812. The number of nitrogens with one attached hydrogen (secondary N) is 2. The van der Waals surface area contributed by atoms with Gasteiger partial charge in [0.25, 0.3) is 0 Å². The fourth-order valence-corrected chi connectivity index (χ4v) is 0.585. The Morgan fingerprint density at radius 2 is 1.90 bits per heavy atom. The van der Waals surface area contributed by atoms with Crippen molar-refractivity contribution >= 4 is 5.96 Å². The number of rotatable bonds is 0. The van der Waals surface area contributed by atoms with Gasteiger partial charge in [0, 0.05) is 22.5 Å². The van der Waals surface area contributed by atoms with Crippen LogP contribution >= 0.6 is 0 Å². The van der Waals surface area contributed by atoms with Crippen molar-refractivity contribution in [3.63, 3.8) is 0 Å². The number of nitrogens with zero attached hydrogens (tertiary/aromatic N) is 1. The summed E-state index contributed by atoms with van der Waals surface area (Å²) in [7, 11) is 3.60. The van der Waals surface area contributed by atoms with E-state index < -0.39 is 0 Å². The van der Waals surface area contributed by atoms with Crippen LogP contribution in [-0.4, -0.2) is 25.6 Å². The molecule has 0 radical (unpaired) electrons. The van der Waals surface area contributed by atoms with E-state index in [1.165, 1.54) is 0 Å². The predicted octanol–water partition coefficient (Wildman–Crippen LogP) is 1.07. The van der Waals surface area contributed by atoms with Gasteiger partial charge in [0.1, 0.15) is 0 Å². The standard InChI is InChI=1S/C7H17N3.2H2/c1-7(2,3)10-6(8-4)9-5;;/h1-5H3,(H2,8,9,10);2*1H. The third-order valence-corrected chi connectivity index (χ3v) is 0.954. The summed E-state index contributed by atoms with van der Waals surface area (Å²) in [6, 6.07) is 0. The van der Waals surface area contributed by atoms with E-state index in [1.807, 2.05) is 7.05 Å². The highest BCUT2D eigenvalue weighted by atomic mass is 15.2. The fraction of sp³-hybridized carbons (Fsp3) is 0.857. The van der Waals surface area contributed by atoms with Gasteiger partial charge in [0.05, 0.1) is 0 Å². The highest BCUT2D eigenvalue weighted by molar-refractivity contribution is 5.79. The largest absolute Gasteiger partial charge is 0.359 e. The quantitative estimate of drug-likeness (QED) is 0.397. The summed E-state index contributed by atoms with van der Waals surface area (Å²) in [6.07, 6.45) is 0. The van der Waals surface area contributed by atoms with Crippen LogP contribution in [0.5, 0.6) is 0 Å². The molecule has 0 aliphatic rings. The minimum absolute atomic E-state index is 0. The van der Waals surface area contributed by atoms with Crippen LogP contribution in [0.1, 0.15) is 23.6 Å². The van der Waals surface area contributed by atoms with Gasteiger partial charge in [-0.3, -0.25) is 4.99 Å². The van der Waals surface area contributed by atoms with Crippen LogP contribution in [0.3, 0.4) is 0 Å². The zero-order chi connectivity index (χ0) is 8.20. The van der Waals surface area contributed by atoms with Crippen molar-refractivity contribution in [2.24, 2.45) is 4.99 Å². The van der Waals surface area contributed by atoms with E-state index in [2.05, 4.69) is 36.4 Å². The normalized spacial score (nSPS) is 13.1. The summed E-state index contributed by atoms with van der Waals surface area (Å²) in [5, 5.41) is 6.14. The van der Waals surface area contributed by atoms with Gasteiger partial charge in [-0.1, -0.05) is 0 Å². The van der Waals surface area contributed by atoms with E-state index in [0.717, 1.165) is 5.96 Å². The summed E-state index contributed by atoms with van der Waals surface area (Å²) in [5.74, 6) is 0.826. The van der Waals surface area contributed by atoms with Crippen molar-refractivity contribution in [2.75, 3.05) is 14.1 Å². The molecule has 0 aromatic heterocycles. The second-order valence-electron chi connectivity index (χ2n) is 3.20. The van der Waals surface area contributed by atoms with Crippen molar-refractivity contribution in [3.8, 4) is 0 Å². The summed E-state index contributed by atoms with van der Waals surface area (Å²) < 4.78 is 0. The van der Waals surface area contributed by atoms with Crippen molar-refractivity contribution in [3.05, 3.63) is 0 Å². The van der Waals surface area contributed by atoms with Crippen molar-refractivity contribution in [1.82, 2.24) is 10.6 Å². The van der Waals surface area contributed by atoms with E-state index in [4.69, 9.17) is 0 Å². The van der Waals surface area contributed by atoms with Crippen LogP contribution in [0.4, 0.5) is 0 Å². The van der Waals surface area contributed by atoms with E-state index in [-0.39, 0.29) is 8.39 Å². The SMILES string of the molecule is CN=C(NC)NC(C)(C)C.[HH].[HH]. The molecule has 0 fully saturated rings. The Labute approximate surface area is 65.9 Å².